The number of sulfone groups is 1. The molecule has 2 rings (SSSR count). The monoisotopic (exact) mass is 388 g/mol. The van der Waals surface area contributed by atoms with E-state index in [9.17, 15) is 13.2 Å². The Balaban J connectivity index is 1.79. The van der Waals surface area contributed by atoms with Gasteiger partial charge in [-0.1, -0.05) is 33.2 Å². The lowest BCUT2D eigenvalue weighted by Crippen LogP contribution is -2.39. The van der Waals surface area contributed by atoms with Crippen LogP contribution in [0.15, 0.2) is 33.9 Å². The number of rotatable bonds is 5. The van der Waals surface area contributed by atoms with Crippen LogP contribution in [-0.2, 0) is 19.5 Å². The first-order chi connectivity index (χ1) is 10.4. The highest BCUT2D eigenvalue weighted by atomic mass is 79.9. The molecule has 0 bridgehead atoms. The molecule has 1 saturated heterocycles. The van der Waals surface area contributed by atoms with Crippen molar-refractivity contribution in [3.05, 3.63) is 34.3 Å². The van der Waals surface area contributed by atoms with Gasteiger partial charge >= 0.3 is 0 Å². The number of benzene rings is 1. The summed E-state index contributed by atoms with van der Waals surface area (Å²) in [6.45, 7) is -0.208. The third-order valence-electron chi connectivity index (χ3n) is 3.48. The van der Waals surface area contributed by atoms with Crippen molar-refractivity contribution in [1.29, 1.82) is 0 Å². The topological polar surface area (TPSA) is 76.0 Å². The minimum absolute atomic E-state index is 0.0252. The van der Waals surface area contributed by atoms with Crippen molar-refractivity contribution < 1.29 is 18.0 Å². The van der Waals surface area contributed by atoms with E-state index in [1.165, 1.54) is 11.1 Å². The average molecular weight is 389 g/mol. The van der Waals surface area contributed by atoms with E-state index in [1.807, 2.05) is 24.3 Å². The van der Waals surface area contributed by atoms with Crippen LogP contribution in [0.2, 0.25) is 0 Å². The number of halogens is 1. The van der Waals surface area contributed by atoms with Crippen LogP contribution in [-0.4, -0.2) is 56.6 Å². The SMILES string of the molecule is CN(C(=O)CO/N=C\c1ccc(Br)cc1)[C@@H]1CCS(=O)(=O)C1. The lowest BCUT2D eigenvalue weighted by molar-refractivity contribution is -0.136. The van der Waals surface area contributed by atoms with Gasteiger partial charge in [0.2, 0.25) is 0 Å². The molecule has 1 aromatic carbocycles. The molecular formula is C14H17BrN2O4S. The zero-order valence-electron chi connectivity index (χ0n) is 12.1. The fraction of sp³-hybridized carbons (Fsp3) is 0.429. The summed E-state index contributed by atoms with van der Waals surface area (Å²) < 4.78 is 23.8. The van der Waals surface area contributed by atoms with Crippen LogP contribution < -0.4 is 0 Å². The first-order valence-corrected chi connectivity index (χ1v) is 9.36. The molecule has 1 fully saturated rings. The van der Waals surface area contributed by atoms with E-state index in [4.69, 9.17) is 4.84 Å². The molecule has 0 aliphatic carbocycles. The molecule has 1 aromatic rings. The third kappa shape index (κ3) is 4.81. The molecular weight excluding hydrogens is 372 g/mol. The van der Waals surface area contributed by atoms with Gasteiger partial charge in [-0.2, -0.15) is 0 Å². The molecule has 0 saturated carbocycles. The predicted octanol–water partition coefficient (Wildman–Crippen LogP) is 1.45. The lowest BCUT2D eigenvalue weighted by Gasteiger charge is -2.22. The molecule has 1 amide bonds. The van der Waals surface area contributed by atoms with E-state index in [2.05, 4.69) is 21.1 Å². The molecule has 1 aliphatic rings. The Hall–Kier alpha value is -1.41. The van der Waals surface area contributed by atoms with Crippen LogP contribution in [0.1, 0.15) is 12.0 Å². The largest absolute Gasteiger partial charge is 0.386 e. The van der Waals surface area contributed by atoms with Crippen molar-refractivity contribution in [1.82, 2.24) is 4.90 Å². The number of carbonyl (C=O) groups excluding carboxylic acids is 1. The molecule has 0 unspecified atom stereocenters. The van der Waals surface area contributed by atoms with Crippen LogP contribution in [0.3, 0.4) is 0 Å². The van der Waals surface area contributed by atoms with E-state index in [1.54, 1.807) is 7.05 Å². The molecule has 0 radical (unpaired) electrons. The van der Waals surface area contributed by atoms with E-state index in [0.717, 1.165) is 10.0 Å². The molecule has 1 aliphatic heterocycles. The molecule has 0 spiro atoms. The number of nitrogens with zero attached hydrogens (tertiary/aromatic N) is 2. The molecule has 0 N–H and O–H groups in total. The smallest absolute Gasteiger partial charge is 0.263 e. The lowest BCUT2D eigenvalue weighted by atomic mass is 10.2. The van der Waals surface area contributed by atoms with Gasteiger partial charge in [0.05, 0.1) is 17.7 Å². The van der Waals surface area contributed by atoms with Crippen molar-refractivity contribution in [2.24, 2.45) is 5.16 Å². The normalized spacial score (nSPS) is 20.2. The van der Waals surface area contributed by atoms with E-state index in [0.29, 0.717) is 6.42 Å². The molecule has 1 atom stereocenters. The highest BCUT2D eigenvalue weighted by molar-refractivity contribution is 9.10. The second-order valence-electron chi connectivity index (χ2n) is 5.12. The summed E-state index contributed by atoms with van der Waals surface area (Å²) in [6, 6.07) is 7.20. The molecule has 6 nitrogen and oxygen atoms in total. The summed E-state index contributed by atoms with van der Waals surface area (Å²) in [5, 5.41) is 3.74. The number of amides is 1. The van der Waals surface area contributed by atoms with Crippen LogP contribution >= 0.6 is 15.9 Å². The van der Waals surface area contributed by atoms with Gasteiger partial charge in [-0.25, -0.2) is 8.42 Å². The average Bonchev–Trinajstić information content (AvgIpc) is 2.84. The molecule has 22 heavy (non-hydrogen) atoms. The minimum atomic E-state index is -3.01. The summed E-state index contributed by atoms with van der Waals surface area (Å²) in [5.74, 6) is -0.120. The number of hydrogen-bond acceptors (Lipinski definition) is 5. The van der Waals surface area contributed by atoms with Crippen molar-refractivity contribution >= 4 is 37.9 Å². The molecule has 1 heterocycles. The summed E-state index contributed by atoms with van der Waals surface area (Å²) in [6.07, 6.45) is 1.99. The summed E-state index contributed by atoms with van der Waals surface area (Å²) >= 11 is 3.33. The Kier molecular flexibility index (Phi) is 5.57. The summed E-state index contributed by atoms with van der Waals surface area (Å²) in [7, 11) is -1.41. The van der Waals surface area contributed by atoms with Gasteiger partial charge in [-0.3, -0.25) is 4.79 Å². The molecule has 8 heteroatoms. The Labute approximate surface area is 138 Å². The van der Waals surface area contributed by atoms with Crippen LogP contribution in [0, 0.1) is 0 Å². The van der Waals surface area contributed by atoms with Gasteiger partial charge in [-0.05, 0) is 24.1 Å². The highest BCUT2D eigenvalue weighted by Crippen LogP contribution is 2.16. The maximum atomic E-state index is 11.9. The van der Waals surface area contributed by atoms with Crippen molar-refractivity contribution in [3.63, 3.8) is 0 Å². The second-order valence-corrected chi connectivity index (χ2v) is 8.27. The zero-order valence-corrected chi connectivity index (χ0v) is 14.5. The number of oxime groups is 1. The van der Waals surface area contributed by atoms with Crippen LogP contribution in [0.5, 0.6) is 0 Å². The quantitative estimate of drug-likeness (QED) is 0.564. The first kappa shape index (κ1) is 17.0. The van der Waals surface area contributed by atoms with Gasteiger partial charge in [-0.15, -0.1) is 0 Å². The first-order valence-electron chi connectivity index (χ1n) is 6.74. The number of likely N-dealkylation sites (N-methyl/N-ethyl adjacent to an activating group) is 1. The highest BCUT2D eigenvalue weighted by Gasteiger charge is 2.32. The van der Waals surface area contributed by atoms with Crippen LogP contribution in [0.25, 0.3) is 0 Å². The summed E-state index contributed by atoms with van der Waals surface area (Å²) in [4.78, 5) is 18.3. The van der Waals surface area contributed by atoms with Gasteiger partial charge < -0.3 is 9.74 Å². The summed E-state index contributed by atoms with van der Waals surface area (Å²) in [5.41, 5.74) is 0.853. The zero-order chi connectivity index (χ0) is 16.2. The maximum Gasteiger partial charge on any atom is 0.263 e. The van der Waals surface area contributed by atoms with Gasteiger partial charge in [0.25, 0.3) is 5.91 Å². The molecule has 0 aromatic heterocycles. The Morgan fingerprint density at radius 3 is 2.73 bits per heavy atom. The number of carbonyl (C=O) groups is 1. The third-order valence-corrected chi connectivity index (χ3v) is 5.76. The molecule has 120 valence electrons. The van der Waals surface area contributed by atoms with E-state index < -0.39 is 9.84 Å². The standard InChI is InChI=1S/C14H17BrN2O4S/c1-17(13-6-7-22(19,20)10-13)14(18)9-21-16-8-11-2-4-12(15)5-3-11/h2-5,8,13H,6-7,9-10H2,1H3/b16-8-/t13-/m1/s1. The van der Waals surface area contributed by atoms with Gasteiger partial charge in [0.1, 0.15) is 0 Å². The Bertz CT molecular complexity index is 658. The minimum Gasteiger partial charge on any atom is -0.386 e. The second kappa shape index (κ2) is 7.23. The van der Waals surface area contributed by atoms with Crippen molar-refractivity contribution in [2.75, 3.05) is 25.2 Å². The fourth-order valence-electron chi connectivity index (χ4n) is 2.13. The maximum absolute atomic E-state index is 11.9. The number of hydrogen-bond donors (Lipinski definition) is 0. The van der Waals surface area contributed by atoms with E-state index in [-0.39, 0.29) is 30.1 Å². The van der Waals surface area contributed by atoms with Gasteiger partial charge in [0, 0.05) is 17.6 Å². The van der Waals surface area contributed by atoms with Crippen molar-refractivity contribution in [3.8, 4) is 0 Å². The van der Waals surface area contributed by atoms with Crippen LogP contribution in [0.4, 0.5) is 0 Å². The van der Waals surface area contributed by atoms with E-state index >= 15 is 0 Å². The Morgan fingerprint density at radius 1 is 1.45 bits per heavy atom. The van der Waals surface area contributed by atoms with Crippen molar-refractivity contribution in [2.45, 2.75) is 12.5 Å². The predicted molar refractivity (Wildman–Crippen MR) is 87.5 cm³/mol. The Morgan fingerprint density at radius 2 is 2.14 bits per heavy atom. The van der Waals surface area contributed by atoms with Gasteiger partial charge in [0.15, 0.2) is 16.4 Å². The fourth-order valence-corrected chi connectivity index (χ4v) is 4.16.